The van der Waals surface area contributed by atoms with Crippen LogP contribution in [0.15, 0.2) is 42.5 Å². The summed E-state index contributed by atoms with van der Waals surface area (Å²) in [5, 5.41) is 18.7. The van der Waals surface area contributed by atoms with Crippen molar-refractivity contribution in [1.82, 2.24) is 0 Å². The van der Waals surface area contributed by atoms with Crippen LogP contribution < -0.4 is 4.74 Å². The predicted molar refractivity (Wildman–Crippen MR) is 64.9 cm³/mol. The van der Waals surface area contributed by atoms with Crippen molar-refractivity contribution in [3.05, 3.63) is 48.0 Å². The molecule has 0 aliphatic heterocycles. The Kier molecular flexibility index (Phi) is 3.53. The molecule has 0 saturated carbocycles. The first-order valence-corrected chi connectivity index (χ1v) is 5.49. The maximum absolute atomic E-state index is 12.2. The first-order valence-electron chi connectivity index (χ1n) is 5.49. The molecule has 6 heteroatoms. The van der Waals surface area contributed by atoms with Gasteiger partial charge in [0.05, 0.1) is 11.6 Å². The number of hydrogen-bond acceptors (Lipinski definition) is 3. The van der Waals surface area contributed by atoms with E-state index >= 15 is 0 Å². The molecule has 0 bridgehead atoms. The largest absolute Gasteiger partial charge is 0.573 e. The van der Waals surface area contributed by atoms with Gasteiger partial charge in [-0.2, -0.15) is 5.26 Å². The van der Waals surface area contributed by atoms with E-state index in [9.17, 15) is 18.3 Å². The van der Waals surface area contributed by atoms with Crippen LogP contribution >= 0.6 is 0 Å². The van der Waals surface area contributed by atoms with Crippen LogP contribution in [0.5, 0.6) is 11.5 Å². The lowest BCUT2D eigenvalue weighted by atomic mass is 9.99. The van der Waals surface area contributed by atoms with Gasteiger partial charge in [0.15, 0.2) is 0 Å². The van der Waals surface area contributed by atoms with Gasteiger partial charge in [0, 0.05) is 11.1 Å². The number of ether oxygens (including phenoxy) is 1. The van der Waals surface area contributed by atoms with E-state index in [1.807, 2.05) is 6.07 Å². The lowest BCUT2D eigenvalue weighted by Crippen LogP contribution is -2.17. The molecule has 0 aliphatic carbocycles. The first-order chi connectivity index (χ1) is 9.40. The van der Waals surface area contributed by atoms with Gasteiger partial charge in [0.2, 0.25) is 0 Å². The highest BCUT2D eigenvalue weighted by molar-refractivity contribution is 5.76. The maximum atomic E-state index is 12.2. The van der Waals surface area contributed by atoms with Crippen LogP contribution in [0, 0.1) is 11.3 Å². The minimum Gasteiger partial charge on any atom is -0.507 e. The van der Waals surface area contributed by atoms with Gasteiger partial charge in [-0.25, -0.2) is 0 Å². The molecule has 3 nitrogen and oxygen atoms in total. The molecule has 0 heterocycles. The third-order valence-electron chi connectivity index (χ3n) is 2.54. The lowest BCUT2D eigenvalue weighted by Gasteiger charge is -2.12. The first kappa shape index (κ1) is 13.7. The van der Waals surface area contributed by atoms with Crippen molar-refractivity contribution in [2.45, 2.75) is 6.36 Å². The molecule has 0 amide bonds. The van der Waals surface area contributed by atoms with E-state index in [0.29, 0.717) is 5.56 Å². The predicted octanol–water partition coefficient (Wildman–Crippen LogP) is 3.83. The third-order valence-corrected chi connectivity index (χ3v) is 2.54. The number of phenols is 1. The zero-order valence-corrected chi connectivity index (χ0v) is 9.98. The Labute approximate surface area is 112 Å². The van der Waals surface area contributed by atoms with Crippen molar-refractivity contribution >= 4 is 0 Å². The Morgan fingerprint density at radius 1 is 1.05 bits per heavy atom. The average molecular weight is 279 g/mol. The number of hydrogen-bond donors (Lipinski definition) is 1. The van der Waals surface area contributed by atoms with Crippen molar-refractivity contribution < 1.29 is 23.0 Å². The number of aromatic hydroxyl groups is 1. The van der Waals surface area contributed by atoms with Crippen LogP contribution in [0.1, 0.15) is 5.56 Å². The van der Waals surface area contributed by atoms with Crippen molar-refractivity contribution in [3.63, 3.8) is 0 Å². The minimum absolute atomic E-state index is 0.101. The fourth-order valence-electron chi connectivity index (χ4n) is 1.74. The molecule has 2 aromatic carbocycles. The monoisotopic (exact) mass is 279 g/mol. The molecule has 102 valence electrons. The van der Waals surface area contributed by atoms with Crippen molar-refractivity contribution in [1.29, 1.82) is 5.26 Å². The summed E-state index contributed by atoms with van der Waals surface area (Å²) in [4.78, 5) is 0. The van der Waals surface area contributed by atoms with Crippen LogP contribution in [-0.2, 0) is 0 Å². The van der Waals surface area contributed by atoms with Crippen molar-refractivity contribution in [2.24, 2.45) is 0 Å². The number of halogens is 3. The number of nitrogens with zero attached hydrogens (tertiary/aromatic N) is 1. The maximum Gasteiger partial charge on any atom is 0.573 e. The highest BCUT2D eigenvalue weighted by Gasteiger charge is 2.31. The van der Waals surface area contributed by atoms with E-state index < -0.39 is 12.1 Å². The highest BCUT2D eigenvalue weighted by Crippen LogP contribution is 2.35. The van der Waals surface area contributed by atoms with Gasteiger partial charge in [-0.3, -0.25) is 0 Å². The van der Waals surface area contributed by atoms with Gasteiger partial charge in [-0.15, -0.1) is 13.2 Å². The fraction of sp³-hybridized carbons (Fsp3) is 0.0714. The van der Waals surface area contributed by atoms with Crippen molar-refractivity contribution in [3.8, 4) is 28.7 Å². The average Bonchev–Trinajstić information content (AvgIpc) is 2.39. The second kappa shape index (κ2) is 5.13. The highest BCUT2D eigenvalue weighted by atomic mass is 19.4. The smallest absolute Gasteiger partial charge is 0.507 e. The molecule has 0 spiro atoms. The molecule has 0 unspecified atom stereocenters. The molecular weight excluding hydrogens is 271 g/mol. The molecule has 0 atom stereocenters. The van der Waals surface area contributed by atoms with E-state index in [1.54, 1.807) is 12.1 Å². The normalized spacial score (nSPS) is 10.9. The second-order valence-electron chi connectivity index (χ2n) is 3.88. The minimum atomic E-state index is -4.82. The Balaban J connectivity index is 2.51. The summed E-state index contributed by atoms with van der Waals surface area (Å²) in [5.41, 5.74) is 0.677. The topological polar surface area (TPSA) is 53.2 Å². The molecule has 2 rings (SSSR count). The molecule has 0 aliphatic rings. The summed E-state index contributed by atoms with van der Waals surface area (Å²) in [5.74, 6) is -0.694. The summed E-state index contributed by atoms with van der Waals surface area (Å²) in [6.07, 6.45) is -4.82. The van der Waals surface area contributed by atoms with Crippen LogP contribution in [0.3, 0.4) is 0 Å². The zero-order chi connectivity index (χ0) is 14.8. The van der Waals surface area contributed by atoms with Gasteiger partial charge in [0.25, 0.3) is 0 Å². The number of alkyl halides is 3. The molecule has 1 N–H and O–H groups in total. The third kappa shape index (κ3) is 3.01. The van der Waals surface area contributed by atoms with E-state index in [1.165, 1.54) is 12.1 Å². The van der Waals surface area contributed by atoms with Gasteiger partial charge >= 0.3 is 6.36 Å². The molecule has 0 aromatic heterocycles. The number of phenolic OH excluding ortho intramolecular Hbond substituents is 1. The Hall–Kier alpha value is -2.68. The Morgan fingerprint density at radius 2 is 1.75 bits per heavy atom. The van der Waals surface area contributed by atoms with E-state index in [2.05, 4.69) is 4.74 Å². The van der Waals surface area contributed by atoms with Crippen LogP contribution in [0.25, 0.3) is 11.1 Å². The Morgan fingerprint density at radius 3 is 2.40 bits per heavy atom. The summed E-state index contributed by atoms with van der Waals surface area (Å²) >= 11 is 0. The van der Waals surface area contributed by atoms with Gasteiger partial charge in [0.1, 0.15) is 11.5 Å². The number of rotatable bonds is 2. The quantitative estimate of drug-likeness (QED) is 0.908. The van der Waals surface area contributed by atoms with Gasteiger partial charge in [-0.1, -0.05) is 18.2 Å². The Bertz CT molecular complexity index is 675. The van der Waals surface area contributed by atoms with Crippen LogP contribution in [0.4, 0.5) is 13.2 Å². The van der Waals surface area contributed by atoms with Crippen LogP contribution in [-0.4, -0.2) is 11.5 Å². The second-order valence-corrected chi connectivity index (χ2v) is 3.88. The summed E-state index contributed by atoms with van der Waals surface area (Å²) in [7, 11) is 0. The number of benzene rings is 2. The molecule has 0 saturated heterocycles. The molecule has 0 radical (unpaired) electrons. The summed E-state index contributed by atoms with van der Waals surface area (Å²) in [6.45, 7) is 0. The van der Waals surface area contributed by atoms with E-state index in [0.717, 1.165) is 18.2 Å². The van der Waals surface area contributed by atoms with Gasteiger partial charge in [-0.05, 0) is 24.3 Å². The van der Waals surface area contributed by atoms with Crippen LogP contribution in [0.2, 0.25) is 0 Å². The fourth-order valence-corrected chi connectivity index (χ4v) is 1.74. The van der Waals surface area contributed by atoms with Crippen molar-refractivity contribution in [2.75, 3.05) is 0 Å². The SMILES string of the molecule is N#Cc1ccccc1-c1cc(OC(F)(F)F)ccc1O. The standard InChI is InChI=1S/C14H8F3NO2/c15-14(16,17)20-10-5-6-13(19)12(7-10)11-4-2-1-3-9(11)8-18/h1-7,19H. The summed E-state index contributed by atoms with van der Waals surface area (Å²) < 4.78 is 40.4. The molecule has 2 aromatic rings. The molecular formula is C14H8F3NO2. The molecule has 20 heavy (non-hydrogen) atoms. The molecule has 0 fully saturated rings. The summed E-state index contributed by atoms with van der Waals surface area (Å²) in [6, 6.07) is 11.3. The van der Waals surface area contributed by atoms with E-state index in [4.69, 9.17) is 5.26 Å². The zero-order valence-electron chi connectivity index (χ0n) is 9.98. The van der Waals surface area contributed by atoms with Gasteiger partial charge < -0.3 is 9.84 Å². The van der Waals surface area contributed by atoms with E-state index in [-0.39, 0.29) is 16.9 Å². The number of nitriles is 1. The lowest BCUT2D eigenvalue weighted by molar-refractivity contribution is -0.274.